The lowest BCUT2D eigenvalue weighted by molar-refractivity contribution is -0.117. The number of rotatable bonds is 5. The highest BCUT2D eigenvalue weighted by molar-refractivity contribution is 5.92. The van der Waals surface area contributed by atoms with Crippen LogP contribution in [-0.4, -0.2) is 40.0 Å². The zero-order valence-corrected chi connectivity index (χ0v) is 13.3. The fourth-order valence-corrected chi connectivity index (χ4v) is 3.00. The van der Waals surface area contributed by atoms with Gasteiger partial charge in [0.1, 0.15) is 11.6 Å². The second-order valence-electron chi connectivity index (χ2n) is 6.15. The summed E-state index contributed by atoms with van der Waals surface area (Å²) in [4.78, 5) is 18.1. The molecule has 0 bridgehead atoms. The Bertz CT molecular complexity index is 682. The minimum absolute atomic E-state index is 0.0105. The van der Waals surface area contributed by atoms with Gasteiger partial charge in [0.25, 0.3) is 0 Å². The first kappa shape index (κ1) is 16.6. The number of carbonyl (C=O) groups is 1. The van der Waals surface area contributed by atoms with Crippen LogP contribution >= 0.6 is 0 Å². The molecule has 128 valence electrons. The third-order valence-electron chi connectivity index (χ3n) is 4.31. The summed E-state index contributed by atoms with van der Waals surface area (Å²) in [6, 6.07) is 3.12. The molecule has 0 aliphatic carbocycles. The van der Waals surface area contributed by atoms with Crippen LogP contribution in [0.2, 0.25) is 0 Å². The van der Waals surface area contributed by atoms with Gasteiger partial charge in [-0.2, -0.15) is 0 Å². The van der Waals surface area contributed by atoms with Gasteiger partial charge in [0.2, 0.25) is 5.91 Å². The number of aromatic nitrogens is 2. The van der Waals surface area contributed by atoms with Crippen molar-refractivity contribution in [2.45, 2.75) is 19.4 Å². The van der Waals surface area contributed by atoms with Crippen molar-refractivity contribution in [3.05, 3.63) is 48.6 Å². The van der Waals surface area contributed by atoms with Gasteiger partial charge < -0.3 is 9.88 Å². The number of piperidine rings is 1. The number of imidazole rings is 1. The van der Waals surface area contributed by atoms with Gasteiger partial charge >= 0.3 is 0 Å². The predicted octanol–water partition coefficient (Wildman–Crippen LogP) is 2.51. The number of anilines is 1. The number of benzene rings is 1. The van der Waals surface area contributed by atoms with Crippen molar-refractivity contribution in [3.8, 4) is 0 Å². The van der Waals surface area contributed by atoms with Crippen LogP contribution in [0.5, 0.6) is 0 Å². The maximum absolute atomic E-state index is 13.5. The smallest absolute Gasteiger partial charge is 0.238 e. The van der Waals surface area contributed by atoms with Gasteiger partial charge in [-0.15, -0.1) is 0 Å². The zero-order chi connectivity index (χ0) is 16.9. The molecule has 24 heavy (non-hydrogen) atoms. The number of halogens is 2. The van der Waals surface area contributed by atoms with Crippen LogP contribution in [0.1, 0.15) is 12.8 Å². The van der Waals surface area contributed by atoms with Crippen LogP contribution in [0, 0.1) is 17.6 Å². The Hall–Kier alpha value is -2.28. The molecule has 3 rings (SSSR count). The van der Waals surface area contributed by atoms with Gasteiger partial charge in [0.05, 0.1) is 18.6 Å². The highest BCUT2D eigenvalue weighted by Crippen LogP contribution is 2.19. The molecule has 1 aromatic heterocycles. The van der Waals surface area contributed by atoms with Crippen LogP contribution in [0.15, 0.2) is 36.9 Å². The van der Waals surface area contributed by atoms with Crippen LogP contribution in [0.4, 0.5) is 14.5 Å². The van der Waals surface area contributed by atoms with Crippen LogP contribution < -0.4 is 5.32 Å². The molecule has 0 saturated carbocycles. The number of hydrogen-bond donors (Lipinski definition) is 1. The van der Waals surface area contributed by atoms with Crippen molar-refractivity contribution in [1.29, 1.82) is 0 Å². The molecular formula is C17H20F2N4O. The van der Waals surface area contributed by atoms with Crippen molar-refractivity contribution in [3.63, 3.8) is 0 Å². The maximum atomic E-state index is 13.5. The second-order valence-corrected chi connectivity index (χ2v) is 6.15. The molecule has 7 heteroatoms. The van der Waals surface area contributed by atoms with Gasteiger partial charge in [-0.05, 0) is 44.0 Å². The van der Waals surface area contributed by atoms with E-state index < -0.39 is 11.6 Å². The summed E-state index contributed by atoms with van der Waals surface area (Å²) in [6.45, 7) is 2.83. The van der Waals surface area contributed by atoms with E-state index in [9.17, 15) is 13.6 Å². The van der Waals surface area contributed by atoms with Gasteiger partial charge in [0.15, 0.2) is 0 Å². The zero-order valence-electron chi connectivity index (χ0n) is 13.3. The number of carbonyl (C=O) groups excluding carboxylic acids is 1. The molecule has 1 fully saturated rings. The number of likely N-dealkylation sites (tertiary alicyclic amines) is 1. The second kappa shape index (κ2) is 7.53. The molecule has 2 heterocycles. The van der Waals surface area contributed by atoms with E-state index in [1.54, 1.807) is 6.20 Å². The number of amides is 1. The highest BCUT2D eigenvalue weighted by Gasteiger charge is 2.21. The summed E-state index contributed by atoms with van der Waals surface area (Å²) in [5, 5.41) is 2.50. The summed E-state index contributed by atoms with van der Waals surface area (Å²) in [5.74, 6) is -1.13. The van der Waals surface area contributed by atoms with Gasteiger partial charge in [-0.25, -0.2) is 13.8 Å². The van der Waals surface area contributed by atoms with E-state index >= 15 is 0 Å². The van der Waals surface area contributed by atoms with Crippen LogP contribution in [0.3, 0.4) is 0 Å². The molecule has 0 atom stereocenters. The lowest BCUT2D eigenvalue weighted by Crippen LogP contribution is -2.40. The van der Waals surface area contributed by atoms with E-state index in [0.717, 1.165) is 44.6 Å². The minimum Gasteiger partial charge on any atom is -0.337 e. The Morgan fingerprint density at radius 1 is 1.29 bits per heavy atom. The number of nitrogens with zero attached hydrogens (tertiary/aromatic N) is 3. The summed E-state index contributed by atoms with van der Waals surface area (Å²) in [5.41, 5.74) is 0.0105. The third kappa shape index (κ3) is 4.38. The monoisotopic (exact) mass is 334 g/mol. The van der Waals surface area contributed by atoms with Crippen molar-refractivity contribution < 1.29 is 13.6 Å². The molecule has 1 aromatic carbocycles. The lowest BCUT2D eigenvalue weighted by Gasteiger charge is -2.31. The van der Waals surface area contributed by atoms with E-state index in [-0.39, 0.29) is 18.1 Å². The summed E-state index contributed by atoms with van der Waals surface area (Å²) in [7, 11) is 0. The Labute approximate surface area is 139 Å². The average Bonchev–Trinajstić information content (AvgIpc) is 3.05. The van der Waals surface area contributed by atoms with Crippen molar-refractivity contribution >= 4 is 11.6 Å². The van der Waals surface area contributed by atoms with E-state index in [1.165, 1.54) is 6.07 Å². The summed E-state index contributed by atoms with van der Waals surface area (Å²) < 4.78 is 28.5. The minimum atomic E-state index is -0.762. The first-order valence-corrected chi connectivity index (χ1v) is 8.03. The normalized spacial score (nSPS) is 16.2. The predicted molar refractivity (Wildman–Crippen MR) is 86.4 cm³/mol. The molecular weight excluding hydrogens is 314 g/mol. The fraction of sp³-hybridized carbons (Fsp3) is 0.412. The Balaban J connectivity index is 1.44. The molecule has 1 aliphatic rings. The first-order valence-electron chi connectivity index (χ1n) is 8.03. The van der Waals surface area contributed by atoms with Crippen LogP contribution in [0.25, 0.3) is 0 Å². The molecule has 5 nitrogen and oxygen atoms in total. The molecule has 1 amide bonds. The van der Waals surface area contributed by atoms with E-state index in [4.69, 9.17) is 0 Å². The topological polar surface area (TPSA) is 50.2 Å². The molecule has 0 spiro atoms. The maximum Gasteiger partial charge on any atom is 0.238 e. The Morgan fingerprint density at radius 2 is 2.08 bits per heavy atom. The van der Waals surface area contributed by atoms with E-state index in [0.29, 0.717) is 5.92 Å². The van der Waals surface area contributed by atoms with Crippen molar-refractivity contribution in [1.82, 2.24) is 14.5 Å². The van der Waals surface area contributed by atoms with Gasteiger partial charge in [-0.1, -0.05) is 0 Å². The van der Waals surface area contributed by atoms with Crippen molar-refractivity contribution in [2.75, 3.05) is 25.0 Å². The highest BCUT2D eigenvalue weighted by atomic mass is 19.1. The molecule has 0 unspecified atom stereocenters. The van der Waals surface area contributed by atoms with Crippen LogP contribution in [-0.2, 0) is 11.3 Å². The summed E-state index contributed by atoms with van der Waals surface area (Å²) in [6.07, 6.45) is 7.56. The largest absolute Gasteiger partial charge is 0.337 e. The Morgan fingerprint density at radius 3 is 2.75 bits per heavy atom. The van der Waals surface area contributed by atoms with Gasteiger partial charge in [0, 0.05) is 25.0 Å². The number of hydrogen-bond acceptors (Lipinski definition) is 3. The standard InChI is InChI=1S/C17H20F2N4O/c18-14-1-2-16(15(19)9-14)21-17(24)11-22-6-3-13(4-7-22)10-23-8-5-20-12-23/h1-2,5,8-9,12-13H,3-4,6-7,10-11H2,(H,21,24). The van der Waals surface area contributed by atoms with E-state index in [2.05, 4.69) is 19.8 Å². The first-order chi connectivity index (χ1) is 11.6. The molecule has 0 radical (unpaired) electrons. The molecule has 1 N–H and O–H groups in total. The summed E-state index contributed by atoms with van der Waals surface area (Å²) >= 11 is 0. The quantitative estimate of drug-likeness (QED) is 0.914. The van der Waals surface area contributed by atoms with Gasteiger partial charge in [-0.3, -0.25) is 9.69 Å². The van der Waals surface area contributed by atoms with Crippen molar-refractivity contribution in [2.24, 2.45) is 5.92 Å². The molecule has 1 saturated heterocycles. The molecule has 2 aromatic rings. The number of nitrogens with one attached hydrogen (secondary N) is 1. The Kier molecular flexibility index (Phi) is 5.20. The lowest BCUT2D eigenvalue weighted by atomic mass is 9.97. The molecule has 1 aliphatic heterocycles. The SMILES string of the molecule is O=C(CN1CCC(Cn2ccnc2)CC1)Nc1ccc(F)cc1F. The van der Waals surface area contributed by atoms with E-state index in [1.807, 2.05) is 12.5 Å². The third-order valence-corrected chi connectivity index (χ3v) is 4.31. The average molecular weight is 334 g/mol. The fourth-order valence-electron chi connectivity index (χ4n) is 3.00.